The molecule has 29 heavy (non-hydrogen) atoms. The maximum Gasteiger partial charge on any atom is 0.272 e. The van der Waals surface area contributed by atoms with Gasteiger partial charge in [-0.25, -0.2) is 0 Å². The van der Waals surface area contributed by atoms with Gasteiger partial charge in [-0.1, -0.05) is 17.7 Å². The molecule has 1 saturated heterocycles. The van der Waals surface area contributed by atoms with Crippen molar-refractivity contribution in [3.05, 3.63) is 40.4 Å². The van der Waals surface area contributed by atoms with Crippen molar-refractivity contribution in [1.82, 2.24) is 9.69 Å². The van der Waals surface area contributed by atoms with Crippen LogP contribution in [0.2, 0.25) is 0 Å². The van der Waals surface area contributed by atoms with Crippen LogP contribution in [0.3, 0.4) is 0 Å². The molecule has 3 amide bonds. The molecule has 1 unspecified atom stereocenters. The molecule has 0 radical (unpaired) electrons. The number of carbonyl (C=O) groups is 3. The lowest BCUT2D eigenvalue weighted by atomic mass is 10.2. The number of rotatable bonds is 7. The molecule has 1 aromatic heterocycles. The normalized spacial score (nSPS) is 15.8. The third-order valence-corrected chi connectivity index (χ3v) is 5.45. The Labute approximate surface area is 172 Å². The second kappa shape index (κ2) is 9.01. The molecule has 1 atom stereocenters. The van der Waals surface area contributed by atoms with Crippen molar-refractivity contribution in [2.75, 3.05) is 30.3 Å². The third-order valence-electron chi connectivity index (χ3n) is 4.60. The molecule has 1 aliphatic rings. The predicted molar refractivity (Wildman–Crippen MR) is 110 cm³/mol. The van der Waals surface area contributed by atoms with E-state index in [-0.39, 0.29) is 34.8 Å². The standard InChI is InChI=1S/C19H23N5O4S/c1-11-4-6-12(7-5-11)24(10-14(25)22-9-13-3-2-8-28-13)19(27)17-15(20)16(18(21)26)23-29-17/h4-7,13H,2-3,8-10,20H2,1H3,(H2,21,26)(H,22,25). The van der Waals surface area contributed by atoms with Crippen LogP contribution in [0, 0.1) is 6.92 Å². The fourth-order valence-electron chi connectivity index (χ4n) is 2.99. The molecule has 2 aromatic rings. The van der Waals surface area contributed by atoms with Crippen molar-refractivity contribution in [1.29, 1.82) is 0 Å². The van der Waals surface area contributed by atoms with Gasteiger partial charge in [0.1, 0.15) is 11.4 Å². The molecule has 10 heteroatoms. The maximum absolute atomic E-state index is 13.1. The van der Waals surface area contributed by atoms with Crippen molar-refractivity contribution in [2.24, 2.45) is 5.73 Å². The molecule has 1 aromatic carbocycles. The largest absolute Gasteiger partial charge is 0.395 e. The predicted octanol–water partition coefficient (Wildman–Crippen LogP) is 1.07. The minimum Gasteiger partial charge on any atom is -0.395 e. The van der Waals surface area contributed by atoms with E-state index in [4.69, 9.17) is 16.2 Å². The van der Waals surface area contributed by atoms with Crippen molar-refractivity contribution in [2.45, 2.75) is 25.9 Å². The summed E-state index contributed by atoms with van der Waals surface area (Å²) in [5.74, 6) is -1.66. The van der Waals surface area contributed by atoms with Crippen molar-refractivity contribution in [3.8, 4) is 0 Å². The number of benzene rings is 1. The van der Waals surface area contributed by atoms with Crippen LogP contribution in [0.1, 0.15) is 38.6 Å². The number of nitrogen functional groups attached to an aromatic ring is 1. The Hall–Kier alpha value is -2.98. The first-order valence-corrected chi connectivity index (χ1v) is 9.96. The Balaban J connectivity index is 1.80. The zero-order chi connectivity index (χ0) is 21.0. The van der Waals surface area contributed by atoms with Gasteiger partial charge in [-0.15, -0.1) is 0 Å². The second-order valence-corrected chi connectivity index (χ2v) is 7.58. The Kier molecular flexibility index (Phi) is 6.45. The number of nitrogens with zero attached hydrogens (tertiary/aromatic N) is 2. The highest BCUT2D eigenvalue weighted by Gasteiger charge is 2.27. The average molecular weight is 417 g/mol. The zero-order valence-electron chi connectivity index (χ0n) is 16.0. The van der Waals surface area contributed by atoms with E-state index in [0.29, 0.717) is 18.8 Å². The Morgan fingerprint density at radius 1 is 1.31 bits per heavy atom. The SMILES string of the molecule is Cc1ccc(N(CC(=O)NCC2CCCO2)C(=O)c2snc(C(N)=O)c2N)cc1. The minimum absolute atomic E-state index is 0.00209. The van der Waals surface area contributed by atoms with Crippen LogP contribution >= 0.6 is 11.5 Å². The van der Waals surface area contributed by atoms with E-state index >= 15 is 0 Å². The number of anilines is 2. The number of amides is 3. The van der Waals surface area contributed by atoms with E-state index in [1.165, 1.54) is 4.90 Å². The number of nitrogens with one attached hydrogen (secondary N) is 1. The Morgan fingerprint density at radius 3 is 2.62 bits per heavy atom. The summed E-state index contributed by atoms with van der Waals surface area (Å²) in [5, 5.41) is 2.81. The number of aryl methyl sites for hydroxylation is 1. The summed E-state index contributed by atoms with van der Waals surface area (Å²) in [6, 6.07) is 7.16. The van der Waals surface area contributed by atoms with Crippen LogP contribution in [0.25, 0.3) is 0 Å². The number of hydrogen-bond acceptors (Lipinski definition) is 7. The van der Waals surface area contributed by atoms with E-state index in [1.54, 1.807) is 12.1 Å². The lowest BCUT2D eigenvalue weighted by Crippen LogP contribution is -2.42. The highest BCUT2D eigenvalue weighted by Crippen LogP contribution is 2.26. The quantitative estimate of drug-likeness (QED) is 0.615. The molecular weight excluding hydrogens is 394 g/mol. The second-order valence-electron chi connectivity index (χ2n) is 6.80. The summed E-state index contributed by atoms with van der Waals surface area (Å²) >= 11 is 0.781. The topological polar surface area (TPSA) is 141 Å². The molecule has 3 rings (SSSR count). The fraction of sp³-hybridized carbons (Fsp3) is 0.368. The molecule has 9 nitrogen and oxygen atoms in total. The summed E-state index contributed by atoms with van der Waals surface area (Å²) in [4.78, 5) is 38.4. The van der Waals surface area contributed by atoms with Gasteiger partial charge in [0.2, 0.25) is 5.91 Å². The lowest BCUT2D eigenvalue weighted by molar-refractivity contribution is -0.120. The number of primary amides is 1. The van der Waals surface area contributed by atoms with E-state index in [9.17, 15) is 14.4 Å². The molecule has 1 fully saturated rings. The molecule has 0 bridgehead atoms. The van der Waals surface area contributed by atoms with Crippen molar-refractivity contribution < 1.29 is 19.1 Å². The first-order valence-electron chi connectivity index (χ1n) is 9.18. The van der Waals surface area contributed by atoms with Crippen molar-refractivity contribution >= 4 is 40.6 Å². The number of nitrogens with two attached hydrogens (primary N) is 2. The van der Waals surface area contributed by atoms with E-state index in [2.05, 4.69) is 9.69 Å². The van der Waals surface area contributed by atoms with Gasteiger partial charge >= 0.3 is 0 Å². The van der Waals surface area contributed by atoms with Gasteiger partial charge in [-0.2, -0.15) is 4.37 Å². The third kappa shape index (κ3) is 4.90. The molecule has 1 aliphatic heterocycles. The maximum atomic E-state index is 13.1. The van der Waals surface area contributed by atoms with Crippen LogP contribution in [0.15, 0.2) is 24.3 Å². The van der Waals surface area contributed by atoms with Crippen LogP contribution in [-0.4, -0.2) is 47.9 Å². The van der Waals surface area contributed by atoms with Gasteiger partial charge in [0.05, 0.1) is 11.8 Å². The molecule has 0 aliphatic carbocycles. The first-order chi connectivity index (χ1) is 13.9. The molecule has 2 heterocycles. The first kappa shape index (κ1) is 20.7. The fourth-order valence-corrected chi connectivity index (χ4v) is 3.74. The number of ether oxygens (including phenoxy) is 1. The lowest BCUT2D eigenvalue weighted by Gasteiger charge is -2.22. The van der Waals surface area contributed by atoms with Gasteiger partial charge < -0.3 is 21.5 Å². The monoisotopic (exact) mass is 417 g/mol. The molecule has 154 valence electrons. The highest BCUT2D eigenvalue weighted by molar-refractivity contribution is 7.09. The summed E-state index contributed by atoms with van der Waals surface area (Å²) in [6.07, 6.45) is 1.87. The van der Waals surface area contributed by atoms with Gasteiger partial charge in [0, 0.05) is 18.8 Å². The minimum atomic E-state index is -0.811. The molecule has 5 N–H and O–H groups in total. The molecule has 0 spiro atoms. The number of aromatic nitrogens is 1. The zero-order valence-corrected chi connectivity index (χ0v) is 16.8. The van der Waals surface area contributed by atoms with Gasteiger partial charge in [0.15, 0.2) is 5.69 Å². The number of hydrogen-bond donors (Lipinski definition) is 3. The van der Waals surface area contributed by atoms with Crippen LogP contribution in [0.5, 0.6) is 0 Å². The van der Waals surface area contributed by atoms with Gasteiger partial charge in [-0.05, 0) is 43.4 Å². The summed E-state index contributed by atoms with van der Waals surface area (Å²) in [5.41, 5.74) is 12.4. The summed E-state index contributed by atoms with van der Waals surface area (Å²) in [7, 11) is 0. The average Bonchev–Trinajstić information content (AvgIpc) is 3.34. The van der Waals surface area contributed by atoms with Crippen molar-refractivity contribution in [3.63, 3.8) is 0 Å². The van der Waals surface area contributed by atoms with Crippen LogP contribution in [-0.2, 0) is 9.53 Å². The molecular formula is C19H23N5O4S. The van der Waals surface area contributed by atoms with E-state index in [1.807, 2.05) is 19.1 Å². The highest BCUT2D eigenvalue weighted by atomic mass is 32.1. The summed E-state index contributed by atoms with van der Waals surface area (Å²) in [6.45, 7) is 2.80. The number of carbonyl (C=O) groups excluding carboxylic acids is 3. The Morgan fingerprint density at radius 2 is 2.03 bits per heavy atom. The summed E-state index contributed by atoms with van der Waals surface area (Å²) < 4.78 is 9.37. The van der Waals surface area contributed by atoms with Crippen LogP contribution in [0.4, 0.5) is 11.4 Å². The van der Waals surface area contributed by atoms with Gasteiger partial charge in [0.25, 0.3) is 11.8 Å². The van der Waals surface area contributed by atoms with E-state index in [0.717, 1.165) is 29.9 Å². The smallest absolute Gasteiger partial charge is 0.272 e. The van der Waals surface area contributed by atoms with Crippen LogP contribution < -0.4 is 21.7 Å². The molecule has 0 saturated carbocycles. The Bertz CT molecular complexity index is 906. The van der Waals surface area contributed by atoms with Gasteiger partial charge in [-0.3, -0.25) is 19.3 Å². The van der Waals surface area contributed by atoms with E-state index < -0.39 is 11.8 Å².